The van der Waals surface area contributed by atoms with Gasteiger partial charge in [0.2, 0.25) is 0 Å². The minimum absolute atomic E-state index is 0.129. The Morgan fingerprint density at radius 1 is 1.28 bits per heavy atom. The van der Waals surface area contributed by atoms with Gasteiger partial charge in [0.1, 0.15) is 5.82 Å². The molecule has 2 heterocycles. The summed E-state index contributed by atoms with van der Waals surface area (Å²) in [4.78, 5) is 7.08. The van der Waals surface area contributed by atoms with Crippen LogP contribution in [0.25, 0.3) is 0 Å². The highest BCUT2D eigenvalue weighted by Gasteiger charge is 2.29. The van der Waals surface area contributed by atoms with Gasteiger partial charge in [-0.05, 0) is 45.2 Å². The lowest BCUT2D eigenvalue weighted by Gasteiger charge is -2.38. The SMILES string of the molecule is Cc1nc(CN2CCC(C)(CO)CC2)n(C)c1C. The molecule has 4 nitrogen and oxygen atoms in total. The molecule has 0 spiro atoms. The second-order valence-corrected chi connectivity index (χ2v) is 6.00. The molecule has 1 aromatic rings. The van der Waals surface area contributed by atoms with Gasteiger partial charge >= 0.3 is 0 Å². The molecular weight excluding hydrogens is 226 g/mol. The fraction of sp³-hybridized carbons (Fsp3) is 0.786. The minimum atomic E-state index is 0.129. The summed E-state index contributed by atoms with van der Waals surface area (Å²) in [5.74, 6) is 1.15. The van der Waals surface area contributed by atoms with Gasteiger partial charge in [0.25, 0.3) is 0 Å². The summed E-state index contributed by atoms with van der Waals surface area (Å²) in [5, 5.41) is 9.38. The molecule has 0 atom stereocenters. The first-order chi connectivity index (χ1) is 8.45. The van der Waals surface area contributed by atoms with Crippen molar-refractivity contribution in [3.05, 3.63) is 17.2 Å². The molecule has 0 unspecified atom stereocenters. The lowest BCUT2D eigenvalue weighted by molar-refractivity contribution is 0.0544. The number of aryl methyl sites for hydroxylation is 1. The van der Waals surface area contributed by atoms with Crippen LogP contribution in [0.4, 0.5) is 0 Å². The molecule has 0 bridgehead atoms. The van der Waals surface area contributed by atoms with E-state index in [1.165, 1.54) is 5.69 Å². The number of aliphatic hydroxyl groups excluding tert-OH is 1. The number of aromatic nitrogens is 2. The van der Waals surface area contributed by atoms with Crippen LogP contribution in [0.1, 0.15) is 37.0 Å². The maximum Gasteiger partial charge on any atom is 0.123 e. The van der Waals surface area contributed by atoms with E-state index in [0.29, 0.717) is 6.61 Å². The van der Waals surface area contributed by atoms with Crippen molar-refractivity contribution in [2.45, 2.75) is 40.2 Å². The van der Waals surface area contributed by atoms with Gasteiger partial charge in [0.15, 0.2) is 0 Å². The molecule has 1 aliphatic heterocycles. The third-order valence-electron chi connectivity index (χ3n) is 4.52. The van der Waals surface area contributed by atoms with Gasteiger partial charge in [-0.25, -0.2) is 4.98 Å². The van der Waals surface area contributed by atoms with Crippen LogP contribution in [0.5, 0.6) is 0 Å². The Morgan fingerprint density at radius 2 is 1.89 bits per heavy atom. The van der Waals surface area contributed by atoms with E-state index in [0.717, 1.165) is 44.0 Å². The van der Waals surface area contributed by atoms with Crippen LogP contribution in [-0.4, -0.2) is 39.3 Å². The molecule has 0 aliphatic carbocycles. The van der Waals surface area contributed by atoms with E-state index in [1.807, 2.05) is 0 Å². The Hall–Kier alpha value is -0.870. The first-order valence-corrected chi connectivity index (χ1v) is 6.77. The molecule has 0 aromatic carbocycles. The topological polar surface area (TPSA) is 41.3 Å². The second-order valence-electron chi connectivity index (χ2n) is 6.00. The summed E-state index contributed by atoms with van der Waals surface area (Å²) in [5.41, 5.74) is 2.51. The average Bonchev–Trinajstić information content (AvgIpc) is 2.60. The third kappa shape index (κ3) is 2.59. The first kappa shape index (κ1) is 13.6. The first-order valence-electron chi connectivity index (χ1n) is 6.77. The highest BCUT2D eigenvalue weighted by atomic mass is 16.3. The van der Waals surface area contributed by atoms with Crippen molar-refractivity contribution in [3.8, 4) is 0 Å². The summed E-state index contributed by atoms with van der Waals surface area (Å²) in [6.07, 6.45) is 2.15. The number of piperidine rings is 1. The molecular formula is C14H25N3O. The van der Waals surface area contributed by atoms with Crippen molar-refractivity contribution < 1.29 is 5.11 Å². The third-order valence-corrected chi connectivity index (χ3v) is 4.52. The fourth-order valence-electron chi connectivity index (χ4n) is 2.54. The van der Waals surface area contributed by atoms with Gasteiger partial charge in [-0.15, -0.1) is 0 Å². The van der Waals surface area contributed by atoms with Crippen molar-refractivity contribution in [1.82, 2.24) is 14.5 Å². The van der Waals surface area contributed by atoms with Crippen molar-refractivity contribution in [1.29, 1.82) is 0 Å². The van der Waals surface area contributed by atoms with Crippen molar-refractivity contribution in [3.63, 3.8) is 0 Å². The quantitative estimate of drug-likeness (QED) is 0.888. The van der Waals surface area contributed by atoms with Crippen LogP contribution in [0.2, 0.25) is 0 Å². The number of hydrogen-bond acceptors (Lipinski definition) is 3. The molecule has 2 rings (SSSR count). The van der Waals surface area contributed by atoms with Gasteiger partial charge < -0.3 is 9.67 Å². The van der Waals surface area contributed by atoms with Crippen LogP contribution >= 0.6 is 0 Å². The van der Waals surface area contributed by atoms with Gasteiger partial charge in [0.05, 0.1) is 12.2 Å². The van der Waals surface area contributed by atoms with E-state index in [1.54, 1.807) is 0 Å². The molecule has 18 heavy (non-hydrogen) atoms. The predicted molar refractivity (Wildman–Crippen MR) is 72.4 cm³/mol. The van der Waals surface area contributed by atoms with Crippen LogP contribution in [0.3, 0.4) is 0 Å². The van der Waals surface area contributed by atoms with E-state index < -0.39 is 0 Å². The number of likely N-dealkylation sites (tertiary alicyclic amines) is 1. The minimum Gasteiger partial charge on any atom is -0.396 e. The van der Waals surface area contributed by atoms with Crippen molar-refractivity contribution in [2.24, 2.45) is 12.5 Å². The second kappa shape index (κ2) is 5.02. The fourth-order valence-corrected chi connectivity index (χ4v) is 2.54. The maximum atomic E-state index is 9.38. The van der Waals surface area contributed by atoms with Gasteiger partial charge in [-0.1, -0.05) is 6.92 Å². The van der Waals surface area contributed by atoms with E-state index in [-0.39, 0.29) is 5.41 Å². The Balaban J connectivity index is 1.98. The van der Waals surface area contributed by atoms with Crippen molar-refractivity contribution in [2.75, 3.05) is 19.7 Å². The molecule has 1 aliphatic rings. The van der Waals surface area contributed by atoms with Crippen LogP contribution in [0, 0.1) is 19.3 Å². The molecule has 1 fully saturated rings. The summed E-state index contributed by atoms with van der Waals surface area (Å²) in [7, 11) is 2.09. The zero-order valence-electron chi connectivity index (χ0n) is 12.0. The molecule has 4 heteroatoms. The molecule has 0 amide bonds. The van der Waals surface area contributed by atoms with E-state index in [4.69, 9.17) is 0 Å². The highest BCUT2D eigenvalue weighted by Crippen LogP contribution is 2.30. The molecule has 0 radical (unpaired) electrons. The molecule has 0 saturated carbocycles. The van der Waals surface area contributed by atoms with Gasteiger partial charge in [0, 0.05) is 19.3 Å². The smallest absolute Gasteiger partial charge is 0.123 e. The normalized spacial score (nSPS) is 20.3. The Labute approximate surface area is 110 Å². The zero-order valence-corrected chi connectivity index (χ0v) is 12.0. The number of nitrogens with zero attached hydrogens (tertiary/aromatic N) is 3. The van der Waals surface area contributed by atoms with Crippen molar-refractivity contribution >= 4 is 0 Å². The van der Waals surface area contributed by atoms with Gasteiger partial charge in [-0.2, -0.15) is 0 Å². The molecule has 1 saturated heterocycles. The lowest BCUT2D eigenvalue weighted by Crippen LogP contribution is -2.40. The van der Waals surface area contributed by atoms with Crippen LogP contribution in [0.15, 0.2) is 0 Å². The average molecular weight is 251 g/mol. The number of aliphatic hydroxyl groups is 1. The predicted octanol–water partition coefficient (Wildman–Crippen LogP) is 1.63. The zero-order chi connectivity index (χ0) is 13.3. The van der Waals surface area contributed by atoms with E-state index in [9.17, 15) is 5.11 Å². The largest absolute Gasteiger partial charge is 0.396 e. The highest BCUT2D eigenvalue weighted by molar-refractivity contribution is 5.13. The van der Waals surface area contributed by atoms with Gasteiger partial charge in [-0.3, -0.25) is 4.90 Å². The molecule has 1 N–H and O–H groups in total. The van der Waals surface area contributed by atoms with E-state index >= 15 is 0 Å². The summed E-state index contributed by atoms with van der Waals surface area (Å²) < 4.78 is 2.19. The Kier molecular flexibility index (Phi) is 3.78. The summed E-state index contributed by atoms with van der Waals surface area (Å²) >= 11 is 0. The van der Waals surface area contributed by atoms with Crippen LogP contribution < -0.4 is 0 Å². The number of rotatable bonds is 3. The Bertz CT molecular complexity index is 417. The monoisotopic (exact) mass is 251 g/mol. The van der Waals surface area contributed by atoms with Crippen LogP contribution in [-0.2, 0) is 13.6 Å². The molecule has 1 aromatic heterocycles. The Morgan fingerprint density at radius 3 is 2.33 bits per heavy atom. The standard InChI is InChI=1S/C14H25N3O/c1-11-12(2)16(4)13(15-11)9-17-7-5-14(3,10-18)6-8-17/h18H,5-10H2,1-4H3. The summed E-state index contributed by atoms with van der Waals surface area (Å²) in [6, 6.07) is 0. The number of hydrogen-bond donors (Lipinski definition) is 1. The maximum absolute atomic E-state index is 9.38. The molecule has 102 valence electrons. The lowest BCUT2D eigenvalue weighted by atomic mass is 9.81. The van der Waals surface area contributed by atoms with E-state index in [2.05, 4.69) is 42.3 Å². The number of imidazole rings is 1. The summed E-state index contributed by atoms with van der Waals surface area (Å²) in [6.45, 7) is 9.71.